The molecule has 36 heavy (non-hydrogen) atoms. The number of halogens is 1. The van der Waals surface area contributed by atoms with Crippen LogP contribution in [0.1, 0.15) is 19.8 Å². The van der Waals surface area contributed by atoms with Crippen LogP contribution in [0, 0.1) is 5.82 Å². The van der Waals surface area contributed by atoms with E-state index in [1.807, 2.05) is 30.5 Å². The standard InChI is InChI=1S/C26H20FN7OS/c1-2-4-20(35)30-15-11-14(12-28-13-15)16-6-7-18-21(22(16)27)24(34-33-18)26-31-23-17(19-5-3-10-36-19)8-9-29-25(23)32-26/h3,5-13H,2,4H2,1H3,(H,30,35)(H,33,34)(H,29,31,32). The molecule has 1 amide bonds. The molecule has 0 fully saturated rings. The molecule has 0 aliphatic rings. The van der Waals surface area contributed by atoms with Gasteiger partial charge in [0.15, 0.2) is 11.5 Å². The Labute approximate surface area is 208 Å². The van der Waals surface area contributed by atoms with Crippen LogP contribution < -0.4 is 5.32 Å². The van der Waals surface area contributed by atoms with Gasteiger partial charge < -0.3 is 10.3 Å². The average molecular weight is 498 g/mol. The van der Waals surface area contributed by atoms with Crippen molar-refractivity contribution in [1.29, 1.82) is 0 Å². The zero-order valence-corrected chi connectivity index (χ0v) is 20.0. The molecule has 0 saturated carbocycles. The lowest BCUT2D eigenvalue weighted by Crippen LogP contribution is -2.10. The van der Waals surface area contributed by atoms with E-state index in [4.69, 9.17) is 0 Å². The summed E-state index contributed by atoms with van der Waals surface area (Å²) < 4.78 is 16.0. The van der Waals surface area contributed by atoms with Crippen LogP contribution in [0.3, 0.4) is 0 Å². The Balaban J connectivity index is 1.44. The van der Waals surface area contributed by atoms with Crippen molar-refractivity contribution in [1.82, 2.24) is 30.1 Å². The Hall–Kier alpha value is -4.44. The molecule has 178 valence electrons. The Morgan fingerprint density at radius 2 is 2.08 bits per heavy atom. The molecule has 6 rings (SSSR count). The van der Waals surface area contributed by atoms with Crippen LogP contribution in [-0.4, -0.2) is 36.0 Å². The van der Waals surface area contributed by atoms with E-state index >= 15 is 4.39 Å². The third-order valence-electron chi connectivity index (χ3n) is 5.88. The second-order valence-corrected chi connectivity index (χ2v) is 9.25. The van der Waals surface area contributed by atoms with Gasteiger partial charge in [-0.3, -0.25) is 14.9 Å². The molecular formula is C26H20FN7OS. The van der Waals surface area contributed by atoms with E-state index in [1.54, 1.807) is 48.1 Å². The summed E-state index contributed by atoms with van der Waals surface area (Å²) in [7, 11) is 0. The molecule has 0 bridgehead atoms. The van der Waals surface area contributed by atoms with Gasteiger partial charge in [-0.1, -0.05) is 13.0 Å². The van der Waals surface area contributed by atoms with Crippen molar-refractivity contribution < 1.29 is 9.18 Å². The van der Waals surface area contributed by atoms with Crippen molar-refractivity contribution in [3.05, 3.63) is 66.2 Å². The number of nitrogens with zero attached hydrogens (tertiary/aromatic N) is 4. The number of anilines is 1. The van der Waals surface area contributed by atoms with Gasteiger partial charge in [-0.25, -0.2) is 14.4 Å². The monoisotopic (exact) mass is 497 g/mol. The van der Waals surface area contributed by atoms with E-state index in [1.165, 1.54) is 0 Å². The summed E-state index contributed by atoms with van der Waals surface area (Å²) in [4.78, 5) is 29.6. The Morgan fingerprint density at radius 1 is 1.17 bits per heavy atom. The van der Waals surface area contributed by atoms with Gasteiger partial charge in [-0.15, -0.1) is 11.3 Å². The van der Waals surface area contributed by atoms with E-state index < -0.39 is 5.82 Å². The Kier molecular flexibility index (Phi) is 5.49. The fourth-order valence-corrected chi connectivity index (χ4v) is 4.99. The summed E-state index contributed by atoms with van der Waals surface area (Å²) in [6.45, 7) is 1.93. The van der Waals surface area contributed by atoms with E-state index in [0.29, 0.717) is 51.3 Å². The van der Waals surface area contributed by atoms with Crippen molar-refractivity contribution in [3.8, 4) is 33.1 Å². The molecule has 5 heterocycles. The van der Waals surface area contributed by atoms with Gasteiger partial charge in [0.2, 0.25) is 5.91 Å². The molecule has 0 unspecified atom stereocenters. The van der Waals surface area contributed by atoms with Gasteiger partial charge >= 0.3 is 0 Å². The number of imidazole rings is 1. The van der Waals surface area contributed by atoms with Crippen molar-refractivity contribution in [3.63, 3.8) is 0 Å². The lowest BCUT2D eigenvalue weighted by atomic mass is 10.0. The number of pyridine rings is 2. The first-order valence-corrected chi connectivity index (χ1v) is 12.3. The first kappa shape index (κ1) is 22.1. The third-order valence-corrected chi connectivity index (χ3v) is 6.78. The number of benzene rings is 1. The number of hydrogen-bond donors (Lipinski definition) is 3. The smallest absolute Gasteiger partial charge is 0.224 e. The summed E-state index contributed by atoms with van der Waals surface area (Å²) in [6.07, 6.45) is 5.97. The number of hydrogen-bond acceptors (Lipinski definition) is 6. The van der Waals surface area contributed by atoms with Crippen LogP contribution in [0.5, 0.6) is 0 Å². The highest BCUT2D eigenvalue weighted by Gasteiger charge is 2.21. The molecule has 3 N–H and O–H groups in total. The SMILES string of the molecule is CCCC(=O)Nc1cncc(-c2ccc3[nH]nc(-c4nc5nccc(-c6cccs6)c5[nH]4)c3c2F)c1. The van der Waals surface area contributed by atoms with E-state index in [0.717, 1.165) is 22.4 Å². The maximum absolute atomic E-state index is 16.0. The number of aromatic amines is 2. The largest absolute Gasteiger partial charge is 0.335 e. The average Bonchev–Trinajstić information content (AvgIpc) is 3.63. The minimum Gasteiger partial charge on any atom is -0.335 e. The molecule has 6 aromatic rings. The van der Waals surface area contributed by atoms with E-state index in [2.05, 4.69) is 35.5 Å². The summed E-state index contributed by atoms with van der Waals surface area (Å²) in [5, 5.41) is 12.4. The number of carbonyl (C=O) groups excluding carboxylic acids is 1. The van der Waals surface area contributed by atoms with Gasteiger partial charge in [-0.05, 0) is 42.1 Å². The third kappa shape index (κ3) is 3.81. The van der Waals surface area contributed by atoms with Gasteiger partial charge in [0.05, 0.1) is 28.3 Å². The number of thiophene rings is 1. The Bertz CT molecular complexity index is 1720. The number of nitrogens with one attached hydrogen (secondary N) is 3. The van der Waals surface area contributed by atoms with Crippen molar-refractivity contribution >= 4 is 45.0 Å². The number of H-pyrrole nitrogens is 2. The molecule has 0 radical (unpaired) electrons. The lowest BCUT2D eigenvalue weighted by Gasteiger charge is -2.08. The molecular weight excluding hydrogens is 477 g/mol. The summed E-state index contributed by atoms with van der Waals surface area (Å²) in [5.41, 5.74) is 4.58. The van der Waals surface area contributed by atoms with E-state index in [-0.39, 0.29) is 5.91 Å². The van der Waals surface area contributed by atoms with Gasteiger partial charge in [0.1, 0.15) is 11.5 Å². The molecule has 0 aliphatic heterocycles. The molecule has 10 heteroatoms. The zero-order chi connectivity index (χ0) is 24.6. The first-order valence-electron chi connectivity index (χ1n) is 11.4. The highest BCUT2D eigenvalue weighted by molar-refractivity contribution is 7.13. The number of carbonyl (C=O) groups is 1. The van der Waals surface area contributed by atoms with Gasteiger partial charge in [0.25, 0.3) is 0 Å². The molecule has 8 nitrogen and oxygen atoms in total. The number of fused-ring (bicyclic) bond motifs is 2. The minimum absolute atomic E-state index is 0.107. The minimum atomic E-state index is -0.456. The molecule has 5 aromatic heterocycles. The summed E-state index contributed by atoms with van der Waals surface area (Å²) in [6, 6.07) is 11.1. The van der Waals surface area contributed by atoms with Crippen LogP contribution in [-0.2, 0) is 4.79 Å². The van der Waals surface area contributed by atoms with Crippen LogP contribution in [0.4, 0.5) is 10.1 Å². The van der Waals surface area contributed by atoms with Crippen LogP contribution in [0.15, 0.2) is 60.4 Å². The van der Waals surface area contributed by atoms with Gasteiger partial charge in [0, 0.05) is 40.4 Å². The van der Waals surface area contributed by atoms with Crippen LogP contribution in [0.2, 0.25) is 0 Å². The quantitative estimate of drug-likeness (QED) is 0.255. The lowest BCUT2D eigenvalue weighted by molar-refractivity contribution is -0.116. The fraction of sp³-hybridized carbons (Fsp3) is 0.115. The highest BCUT2D eigenvalue weighted by Crippen LogP contribution is 2.36. The highest BCUT2D eigenvalue weighted by atomic mass is 32.1. The number of aromatic nitrogens is 6. The van der Waals surface area contributed by atoms with Crippen molar-refractivity contribution in [2.45, 2.75) is 19.8 Å². The maximum atomic E-state index is 16.0. The van der Waals surface area contributed by atoms with Crippen molar-refractivity contribution in [2.24, 2.45) is 0 Å². The maximum Gasteiger partial charge on any atom is 0.224 e. The topological polar surface area (TPSA) is 112 Å². The second-order valence-electron chi connectivity index (χ2n) is 8.30. The molecule has 1 aromatic carbocycles. The summed E-state index contributed by atoms with van der Waals surface area (Å²) in [5.74, 6) is -0.144. The van der Waals surface area contributed by atoms with E-state index in [9.17, 15) is 4.79 Å². The fourth-order valence-electron chi connectivity index (χ4n) is 4.23. The normalized spacial score (nSPS) is 11.4. The molecule has 0 spiro atoms. The summed E-state index contributed by atoms with van der Waals surface area (Å²) >= 11 is 1.62. The molecule has 0 aliphatic carbocycles. The zero-order valence-electron chi connectivity index (χ0n) is 19.2. The number of rotatable bonds is 6. The van der Waals surface area contributed by atoms with Crippen LogP contribution >= 0.6 is 11.3 Å². The second kappa shape index (κ2) is 8.97. The first-order chi connectivity index (χ1) is 17.6. The van der Waals surface area contributed by atoms with Crippen molar-refractivity contribution in [2.75, 3.05) is 5.32 Å². The predicted molar refractivity (Wildman–Crippen MR) is 139 cm³/mol. The van der Waals surface area contributed by atoms with Crippen LogP contribution in [0.25, 0.3) is 55.2 Å². The molecule has 0 saturated heterocycles. The predicted octanol–water partition coefficient (Wildman–Crippen LogP) is 6.17. The number of amides is 1. The van der Waals surface area contributed by atoms with Gasteiger partial charge in [-0.2, -0.15) is 5.10 Å². The Morgan fingerprint density at radius 3 is 2.92 bits per heavy atom. The molecule has 0 atom stereocenters.